The average molecular weight is 876 g/mol. The highest BCUT2D eigenvalue weighted by atomic mass is 35.5. The van der Waals surface area contributed by atoms with E-state index in [-0.39, 0.29) is 25.3 Å². The molecule has 3 fully saturated rings. The number of amides is 3. The van der Waals surface area contributed by atoms with Crippen LogP contribution in [0.2, 0.25) is 15.1 Å². The Morgan fingerprint density at radius 2 is 1.82 bits per heavy atom. The summed E-state index contributed by atoms with van der Waals surface area (Å²) in [4.78, 5) is 53.6. The van der Waals surface area contributed by atoms with Gasteiger partial charge in [0.15, 0.2) is 5.13 Å². The number of aromatic nitrogens is 2. The van der Waals surface area contributed by atoms with Crippen molar-refractivity contribution >= 4 is 89.8 Å². The summed E-state index contributed by atoms with van der Waals surface area (Å²) in [6.07, 6.45) is 3.37. The van der Waals surface area contributed by atoms with E-state index in [4.69, 9.17) is 49.3 Å². The average Bonchev–Trinajstić information content (AvgIpc) is 4.04. The van der Waals surface area contributed by atoms with E-state index in [9.17, 15) is 22.8 Å². The predicted molar refractivity (Wildman–Crippen MR) is 222 cm³/mol. The van der Waals surface area contributed by atoms with Crippen LogP contribution in [0.25, 0.3) is 22.0 Å². The van der Waals surface area contributed by atoms with Gasteiger partial charge in [0.05, 0.1) is 40.8 Å². The van der Waals surface area contributed by atoms with Crippen LogP contribution in [0.15, 0.2) is 60.6 Å². The third-order valence-electron chi connectivity index (χ3n) is 10.5. The number of sulfonamides is 1. The zero-order valence-electron chi connectivity index (χ0n) is 31.5. The van der Waals surface area contributed by atoms with E-state index in [1.54, 1.807) is 41.8 Å². The van der Waals surface area contributed by atoms with E-state index >= 15 is 0 Å². The van der Waals surface area contributed by atoms with Crippen LogP contribution < -0.4 is 24.8 Å². The normalized spacial score (nSPS) is 22.4. The van der Waals surface area contributed by atoms with Crippen molar-refractivity contribution in [1.82, 2.24) is 24.9 Å². The summed E-state index contributed by atoms with van der Waals surface area (Å²) in [5.41, 5.74) is -1.18. The number of nitrogens with zero attached hydrogens (tertiary/aromatic N) is 3. The highest BCUT2D eigenvalue weighted by molar-refractivity contribution is 7.91. The second kappa shape index (κ2) is 15.6. The molecule has 2 saturated carbocycles. The van der Waals surface area contributed by atoms with Crippen LogP contribution >= 0.6 is 46.1 Å². The number of ether oxygens (including phenoxy) is 2. The molecule has 2 aliphatic carbocycles. The van der Waals surface area contributed by atoms with Crippen LogP contribution in [0.1, 0.15) is 46.5 Å². The molecule has 3 N–H and O–H groups in total. The minimum absolute atomic E-state index is 0.0213. The fourth-order valence-corrected chi connectivity index (χ4v) is 9.97. The van der Waals surface area contributed by atoms with Crippen molar-refractivity contribution in [2.75, 3.05) is 19.0 Å². The first-order valence-electron chi connectivity index (χ1n) is 18.2. The number of anilines is 1. The molecule has 302 valence electrons. The number of likely N-dealkylation sites (tertiary alicyclic amines) is 1. The number of pyridine rings is 1. The topological polar surface area (TPSA) is 169 Å². The van der Waals surface area contributed by atoms with Gasteiger partial charge in [-0.25, -0.2) is 18.4 Å². The maximum Gasteiger partial charge on any atom is 0.259 e. The van der Waals surface area contributed by atoms with Gasteiger partial charge in [-0.2, -0.15) is 0 Å². The van der Waals surface area contributed by atoms with Crippen molar-refractivity contribution in [3.8, 4) is 22.9 Å². The number of methoxy groups -OCH3 is 1. The molecule has 5 atom stereocenters. The van der Waals surface area contributed by atoms with Crippen LogP contribution in [0.3, 0.4) is 0 Å². The zero-order chi connectivity index (χ0) is 41.0. The van der Waals surface area contributed by atoms with Crippen molar-refractivity contribution < 1.29 is 32.3 Å². The first kappa shape index (κ1) is 41.0. The van der Waals surface area contributed by atoms with Crippen LogP contribution in [0.4, 0.5) is 5.13 Å². The summed E-state index contributed by atoms with van der Waals surface area (Å²) in [7, 11) is -2.38. The van der Waals surface area contributed by atoms with Crippen molar-refractivity contribution in [2.24, 2.45) is 11.3 Å². The van der Waals surface area contributed by atoms with E-state index in [1.807, 2.05) is 20.8 Å². The van der Waals surface area contributed by atoms with Crippen LogP contribution in [0, 0.1) is 11.3 Å². The largest absolute Gasteiger partial charge is 0.494 e. The molecule has 0 spiro atoms. The Balaban J connectivity index is 1.20. The summed E-state index contributed by atoms with van der Waals surface area (Å²) >= 11 is 20.6. The quantitative estimate of drug-likeness (QED) is 0.121. The number of benzene rings is 2. The molecule has 3 heterocycles. The van der Waals surface area contributed by atoms with Crippen molar-refractivity contribution in [1.29, 1.82) is 0 Å². The van der Waals surface area contributed by atoms with Crippen LogP contribution in [-0.2, 0) is 24.4 Å². The summed E-state index contributed by atoms with van der Waals surface area (Å²) in [6.45, 7) is 9.43. The van der Waals surface area contributed by atoms with Gasteiger partial charge in [-0.05, 0) is 55.0 Å². The minimum Gasteiger partial charge on any atom is -0.494 e. The molecule has 0 unspecified atom stereocenters. The lowest BCUT2D eigenvalue weighted by molar-refractivity contribution is -0.141. The van der Waals surface area contributed by atoms with Gasteiger partial charge in [0.25, 0.3) is 5.91 Å². The van der Waals surface area contributed by atoms with E-state index < -0.39 is 68.1 Å². The number of halogens is 3. The highest BCUT2D eigenvalue weighted by Crippen LogP contribution is 2.46. The highest BCUT2D eigenvalue weighted by Gasteiger charge is 2.62. The molecule has 13 nitrogen and oxygen atoms in total. The Labute approximate surface area is 349 Å². The lowest BCUT2D eigenvalue weighted by Gasteiger charge is -2.35. The summed E-state index contributed by atoms with van der Waals surface area (Å²) in [5.74, 6) is -1.71. The Hall–Kier alpha value is -4.15. The number of carbonyl (C=O) groups excluding carboxylic acids is 3. The molecule has 2 aromatic heterocycles. The molecule has 3 aliphatic rings. The maximum atomic E-state index is 14.9. The number of nitrogens with one attached hydrogen (secondary N) is 3. The molecule has 18 heteroatoms. The molecule has 4 aromatic rings. The minimum atomic E-state index is -3.91. The molecule has 1 aliphatic heterocycles. The van der Waals surface area contributed by atoms with Crippen molar-refractivity contribution in [3.05, 3.63) is 75.7 Å². The van der Waals surface area contributed by atoms with Crippen molar-refractivity contribution in [3.63, 3.8) is 0 Å². The van der Waals surface area contributed by atoms with Gasteiger partial charge in [-0.1, -0.05) is 67.7 Å². The second-order valence-electron chi connectivity index (χ2n) is 15.6. The smallest absolute Gasteiger partial charge is 0.259 e. The van der Waals surface area contributed by atoms with E-state index in [0.717, 1.165) is 0 Å². The molecule has 0 radical (unpaired) electrons. The fraction of sp³-hybridized carbons (Fsp3) is 0.410. The SMILES string of the molecule is C=C[C@@H]1C[C@]1(NC(=O)[C@@H]1C[C@@H](Oc2ncc(OC)c3ccc(Cl)cc23)CN1C(=O)[C@@H](Nc1nc(-c2c(Cl)cccc2Cl)cs1)C(C)(C)C)C(=O)NS(=O)(=O)C1CC1. The lowest BCUT2D eigenvalue weighted by Crippen LogP contribution is -2.58. The van der Waals surface area contributed by atoms with Gasteiger partial charge < -0.3 is 25.0 Å². The lowest BCUT2D eigenvalue weighted by atomic mass is 9.85. The van der Waals surface area contributed by atoms with Gasteiger partial charge in [0.2, 0.25) is 27.7 Å². The summed E-state index contributed by atoms with van der Waals surface area (Å²) < 4.78 is 39.7. The number of carbonyl (C=O) groups is 3. The third-order valence-corrected chi connectivity index (χ3v) is 13.9. The molecule has 57 heavy (non-hydrogen) atoms. The van der Waals surface area contributed by atoms with E-state index in [0.29, 0.717) is 60.8 Å². The molecular weight excluding hydrogens is 835 g/mol. The van der Waals surface area contributed by atoms with Gasteiger partial charge in [-0.15, -0.1) is 17.9 Å². The van der Waals surface area contributed by atoms with Gasteiger partial charge in [0, 0.05) is 39.1 Å². The predicted octanol–water partition coefficient (Wildman–Crippen LogP) is 6.87. The Morgan fingerprint density at radius 3 is 2.46 bits per heavy atom. The molecule has 0 bridgehead atoms. The van der Waals surface area contributed by atoms with Gasteiger partial charge >= 0.3 is 0 Å². The monoisotopic (exact) mass is 874 g/mol. The summed E-state index contributed by atoms with van der Waals surface area (Å²) in [6, 6.07) is 8.33. The number of rotatable bonds is 13. The molecular formula is C39H41Cl3N6O7S2. The molecule has 3 amide bonds. The Morgan fingerprint density at radius 1 is 1.11 bits per heavy atom. The zero-order valence-corrected chi connectivity index (χ0v) is 35.4. The Bertz CT molecular complexity index is 2360. The molecule has 1 saturated heterocycles. The standard InChI is InChI=1S/C39H41Cl3N6O7S2/c1-6-20-16-39(20,36(51)47-57(52,53)23-11-12-23)46-33(49)29-15-22(55-34-25-14-21(40)10-13-24(25)30(54-5)17-43-34)18-48(29)35(50)32(38(2,3)4)45-37-44-28(19-56-37)31-26(41)8-7-9-27(31)42/h6-10,13-14,17,19-20,22-23,29,32H,1,11-12,15-16,18H2,2-5H3,(H,44,45)(H,46,49)(H,47,51)/t20-,22-,29+,32-,39-/m1/s1. The first-order valence-corrected chi connectivity index (χ1v) is 21.8. The van der Waals surface area contributed by atoms with Crippen molar-refractivity contribution in [2.45, 2.75) is 75.4 Å². The number of hydrogen-bond donors (Lipinski definition) is 3. The maximum absolute atomic E-state index is 14.9. The number of fused-ring (bicyclic) bond motifs is 1. The first-order chi connectivity index (χ1) is 26.9. The molecule has 2 aromatic carbocycles. The third kappa shape index (κ3) is 8.27. The van der Waals surface area contributed by atoms with Crippen LogP contribution in [-0.4, -0.2) is 83.6 Å². The molecule has 7 rings (SSSR count). The number of hydrogen-bond acceptors (Lipinski definition) is 11. The van der Waals surface area contributed by atoms with E-state index in [2.05, 4.69) is 26.9 Å². The summed E-state index contributed by atoms with van der Waals surface area (Å²) in [5, 5.41) is 10.2. The van der Waals surface area contributed by atoms with Gasteiger partial charge in [-0.3, -0.25) is 19.1 Å². The van der Waals surface area contributed by atoms with E-state index in [1.165, 1.54) is 35.6 Å². The van der Waals surface area contributed by atoms with Crippen LogP contribution in [0.5, 0.6) is 11.6 Å². The van der Waals surface area contributed by atoms with Gasteiger partial charge in [0.1, 0.15) is 29.5 Å². The second-order valence-corrected chi connectivity index (χ2v) is 19.6. The fourth-order valence-electron chi connectivity index (χ4n) is 7.11. The number of thiazole rings is 1. The Kier molecular flexibility index (Phi) is 11.2.